The highest BCUT2D eigenvalue weighted by molar-refractivity contribution is 7.95. The van der Waals surface area contributed by atoms with E-state index in [9.17, 15) is 32.0 Å². The Balaban J connectivity index is 5.09. The Bertz CT molecular complexity index is 314. The van der Waals surface area contributed by atoms with E-state index in [0.29, 0.717) is 0 Å². The molecule has 0 radical (unpaired) electrons. The third-order valence-electron chi connectivity index (χ3n) is 1.61. The summed E-state index contributed by atoms with van der Waals surface area (Å²) < 4.78 is 70.6. The van der Waals surface area contributed by atoms with Crippen LogP contribution in [0.2, 0.25) is 0 Å². The van der Waals surface area contributed by atoms with Gasteiger partial charge in [-0.3, -0.25) is 9.83 Å². The predicted molar refractivity (Wildman–Crippen MR) is 50.1 cm³/mol. The number of carbonyl (C=O) groups excluding carboxylic acids is 1. The molecular weight excluding hydrogens is 303 g/mol. The van der Waals surface area contributed by atoms with Crippen molar-refractivity contribution in [2.24, 2.45) is 5.41 Å². The lowest BCUT2D eigenvalue weighted by atomic mass is 9.97. The number of rotatable bonds is 5. The van der Waals surface area contributed by atoms with Gasteiger partial charge in [-0.25, -0.2) is 0 Å². The van der Waals surface area contributed by atoms with E-state index in [-0.39, 0.29) is 0 Å². The first-order chi connectivity index (χ1) is 8.32. The Labute approximate surface area is 109 Å². The Morgan fingerprint density at radius 3 is 1.95 bits per heavy atom. The van der Waals surface area contributed by atoms with Crippen molar-refractivity contribution in [3.63, 3.8) is 0 Å². The van der Waals surface area contributed by atoms with Gasteiger partial charge in [0.15, 0.2) is 0 Å². The zero-order valence-corrected chi connectivity index (χ0v) is 10.7. The van der Waals surface area contributed by atoms with Crippen LogP contribution in [-0.2, 0) is 18.9 Å². The summed E-state index contributed by atoms with van der Waals surface area (Å²) in [6.07, 6.45) is -9.32. The average Bonchev–Trinajstić information content (AvgIpc) is 2.19. The fraction of sp³-hybridized carbons (Fsp3) is 0.875. The Hall–Kier alpha value is -0.650. The molecule has 0 fully saturated rings. The fourth-order valence-electron chi connectivity index (χ4n) is 0.713. The monoisotopic (exact) mass is 313 g/mol. The molecule has 0 bridgehead atoms. The maximum atomic E-state index is 13.1. The quantitative estimate of drug-likeness (QED) is 0.254. The molecule has 1 atom stereocenters. The van der Waals surface area contributed by atoms with Crippen LogP contribution >= 0.6 is 12.0 Å². The molecule has 0 saturated carbocycles. The molecule has 0 aromatic carbocycles. The van der Waals surface area contributed by atoms with Gasteiger partial charge >= 0.3 is 17.4 Å². The zero-order valence-electron chi connectivity index (χ0n) is 9.92. The minimum absolute atomic E-state index is 1.19. The molecule has 0 N–H and O–H groups in total. The number of halogens is 5. The van der Waals surface area contributed by atoms with E-state index in [4.69, 9.17) is 0 Å². The second-order valence-corrected chi connectivity index (χ2v) is 5.21. The summed E-state index contributed by atoms with van der Waals surface area (Å²) in [5.41, 5.74) is -1.42. The lowest BCUT2D eigenvalue weighted by Gasteiger charge is -2.29. The van der Waals surface area contributed by atoms with Crippen molar-refractivity contribution in [2.75, 3.05) is 0 Å². The molecule has 0 amide bonds. The summed E-state index contributed by atoms with van der Waals surface area (Å²) in [6, 6.07) is 0. The van der Waals surface area contributed by atoms with Crippen LogP contribution in [0.5, 0.6) is 0 Å². The molecule has 19 heavy (non-hydrogen) atoms. The molecule has 1 unspecified atom stereocenters. The molecule has 0 rings (SSSR count). The van der Waals surface area contributed by atoms with Crippen molar-refractivity contribution < 1.29 is 46.1 Å². The number of esters is 1. The van der Waals surface area contributed by atoms with Gasteiger partial charge in [-0.15, -0.1) is 0 Å². The maximum absolute atomic E-state index is 13.1. The predicted octanol–water partition coefficient (Wildman–Crippen LogP) is 1.97. The van der Waals surface area contributed by atoms with Crippen LogP contribution in [0, 0.1) is 5.41 Å². The molecule has 114 valence electrons. The molecule has 11 heteroatoms. The largest absolute Gasteiger partial charge is 0.691 e. The first kappa shape index (κ1) is 18.4. The molecule has 0 aromatic rings. The van der Waals surface area contributed by atoms with Gasteiger partial charge in [-0.1, -0.05) is 0 Å². The molecule has 0 spiro atoms. The highest BCUT2D eigenvalue weighted by Crippen LogP contribution is 2.43. The molecule has 0 aliphatic carbocycles. The Kier molecular flexibility index (Phi) is 5.99. The van der Waals surface area contributed by atoms with Crippen molar-refractivity contribution in [1.29, 1.82) is 0 Å². The summed E-state index contributed by atoms with van der Waals surface area (Å²) >= 11 is -1.20. The van der Waals surface area contributed by atoms with Crippen LogP contribution < -0.4 is 5.26 Å². The van der Waals surface area contributed by atoms with Crippen molar-refractivity contribution in [3.05, 3.63) is 0 Å². The zero-order chi connectivity index (χ0) is 15.5. The topological polar surface area (TPSA) is 67.8 Å². The number of alkyl halides is 5. The summed E-state index contributed by atoms with van der Waals surface area (Å²) in [5.74, 6) is -1.49. The smallest absolute Gasteiger partial charge is 0.432 e. The molecule has 0 saturated heterocycles. The van der Waals surface area contributed by atoms with E-state index in [1.54, 1.807) is 0 Å². The number of ether oxygens (including phenoxy) is 1. The standard InChI is InChI=1S/C8H11F5O5S/c1-6(2,3)5(14)16-4(7(9,10)11)8(12,13)19-18-17-15/h4,15H,1-3H3/p-1. The van der Waals surface area contributed by atoms with Crippen LogP contribution in [-0.4, -0.2) is 23.5 Å². The number of hydrogen-bond donors (Lipinski definition) is 0. The second-order valence-electron chi connectivity index (χ2n) is 4.36. The van der Waals surface area contributed by atoms with Gasteiger partial charge in [0.2, 0.25) is 0 Å². The normalized spacial score (nSPS) is 15.2. The fourth-order valence-corrected chi connectivity index (χ4v) is 1.10. The van der Waals surface area contributed by atoms with Gasteiger partial charge in [-0.05, 0) is 20.8 Å². The Morgan fingerprint density at radius 2 is 1.63 bits per heavy atom. The molecular formula is C8H10F5O5S-. The minimum atomic E-state index is -5.55. The van der Waals surface area contributed by atoms with E-state index in [0.717, 1.165) is 0 Å². The van der Waals surface area contributed by atoms with Crippen LogP contribution in [0.15, 0.2) is 0 Å². The minimum Gasteiger partial charge on any atom is -0.691 e. The third kappa shape index (κ3) is 5.89. The molecule has 0 heterocycles. The number of carbonyl (C=O) groups is 1. The molecule has 0 aliphatic heterocycles. The molecule has 0 aromatic heterocycles. The van der Waals surface area contributed by atoms with Crippen LogP contribution in [0.25, 0.3) is 0 Å². The van der Waals surface area contributed by atoms with E-state index >= 15 is 0 Å². The summed E-state index contributed by atoms with van der Waals surface area (Å²) in [6.45, 7) is 3.56. The lowest BCUT2D eigenvalue weighted by Crippen LogP contribution is -2.48. The van der Waals surface area contributed by atoms with E-state index in [1.807, 2.05) is 0 Å². The third-order valence-corrected chi connectivity index (χ3v) is 2.17. The van der Waals surface area contributed by atoms with E-state index < -0.39 is 41.0 Å². The van der Waals surface area contributed by atoms with Crippen LogP contribution in [0.3, 0.4) is 0 Å². The van der Waals surface area contributed by atoms with Crippen molar-refractivity contribution in [2.45, 2.75) is 38.3 Å². The van der Waals surface area contributed by atoms with Crippen molar-refractivity contribution in [3.8, 4) is 0 Å². The first-order valence-electron chi connectivity index (χ1n) is 4.62. The highest BCUT2D eigenvalue weighted by Gasteiger charge is 2.61. The molecule has 0 aliphatic rings. The van der Waals surface area contributed by atoms with Gasteiger partial charge in [-0.2, -0.15) is 26.3 Å². The number of hydrogen-bond acceptors (Lipinski definition) is 6. The van der Waals surface area contributed by atoms with Crippen molar-refractivity contribution in [1.82, 2.24) is 0 Å². The van der Waals surface area contributed by atoms with Gasteiger partial charge in [0.1, 0.15) is 12.0 Å². The van der Waals surface area contributed by atoms with E-state index in [2.05, 4.69) is 14.1 Å². The van der Waals surface area contributed by atoms with Crippen molar-refractivity contribution >= 4 is 18.0 Å². The van der Waals surface area contributed by atoms with E-state index in [1.165, 1.54) is 20.8 Å². The van der Waals surface area contributed by atoms with Gasteiger partial charge in [0, 0.05) is 0 Å². The summed E-state index contributed by atoms with van der Waals surface area (Å²) in [7, 11) is 0. The SMILES string of the molecule is CC(C)(C)C(=O)OC(C(F)(F)F)C(F)(F)SOO[O-]. The van der Waals surface area contributed by atoms with Gasteiger partial charge in [0.25, 0.3) is 6.10 Å². The Morgan fingerprint density at radius 1 is 1.16 bits per heavy atom. The summed E-state index contributed by atoms with van der Waals surface area (Å²) in [5, 5.41) is 7.16. The average molecular weight is 313 g/mol. The maximum Gasteiger partial charge on any atom is 0.432 e. The van der Waals surface area contributed by atoms with Crippen LogP contribution in [0.1, 0.15) is 20.8 Å². The first-order valence-corrected chi connectivity index (χ1v) is 5.36. The second kappa shape index (κ2) is 6.20. The van der Waals surface area contributed by atoms with Crippen LogP contribution in [0.4, 0.5) is 22.0 Å². The van der Waals surface area contributed by atoms with Gasteiger partial charge in [0.05, 0.1) is 5.41 Å². The lowest BCUT2D eigenvalue weighted by molar-refractivity contribution is -0.777. The molecule has 5 nitrogen and oxygen atoms in total. The van der Waals surface area contributed by atoms with Gasteiger partial charge < -0.3 is 9.99 Å². The highest BCUT2D eigenvalue weighted by atomic mass is 32.2. The summed E-state index contributed by atoms with van der Waals surface area (Å²) in [4.78, 5) is 11.2.